The van der Waals surface area contributed by atoms with Crippen molar-refractivity contribution in [2.24, 2.45) is 17.6 Å². The van der Waals surface area contributed by atoms with Gasteiger partial charge in [0.25, 0.3) is 0 Å². The van der Waals surface area contributed by atoms with Gasteiger partial charge in [-0.1, -0.05) is 39.5 Å². The van der Waals surface area contributed by atoms with E-state index in [1.54, 1.807) is 6.92 Å². The summed E-state index contributed by atoms with van der Waals surface area (Å²) in [5.41, 5.74) is 5.75. The minimum absolute atomic E-state index is 0.131. The third-order valence-corrected chi connectivity index (χ3v) is 6.14. The predicted molar refractivity (Wildman–Crippen MR) is 101 cm³/mol. The molecule has 3 unspecified atom stereocenters. The van der Waals surface area contributed by atoms with E-state index in [4.69, 9.17) is 5.73 Å². The maximum absolute atomic E-state index is 13.4. The Labute approximate surface area is 153 Å². The van der Waals surface area contributed by atoms with Gasteiger partial charge in [-0.3, -0.25) is 9.59 Å². The molecule has 0 bridgehead atoms. The van der Waals surface area contributed by atoms with Crippen LogP contribution in [0.15, 0.2) is 0 Å². The third-order valence-electron chi connectivity index (χ3n) is 6.14. The Morgan fingerprint density at radius 2 is 1.84 bits per heavy atom. The summed E-state index contributed by atoms with van der Waals surface area (Å²) in [6.45, 7) is 6.90. The number of nitrogens with zero attached hydrogens (tertiary/aromatic N) is 1. The largest absolute Gasteiger partial charge is 0.343 e. The van der Waals surface area contributed by atoms with Crippen LogP contribution in [0.4, 0.5) is 0 Å². The van der Waals surface area contributed by atoms with E-state index in [2.05, 4.69) is 24.1 Å². The molecule has 1 saturated heterocycles. The van der Waals surface area contributed by atoms with Crippen molar-refractivity contribution < 1.29 is 9.59 Å². The second-order valence-corrected chi connectivity index (χ2v) is 8.02. The first-order valence-corrected chi connectivity index (χ1v) is 10.4. The Morgan fingerprint density at radius 1 is 1.16 bits per heavy atom. The molecule has 3 N–H and O–H groups in total. The number of carbonyl (C=O) groups is 2. The minimum atomic E-state index is -0.577. The van der Waals surface area contributed by atoms with Crippen molar-refractivity contribution in [3.63, 3.8) is 0 Å². The molecule has 1 heterocycles. The van der Waals surface area contributed by atoms with Crippen LogP contribution in [-0.4, -0.2) is 41.4 Å². The average molecular weight is 352 g/mol. The molecule has 1 aliphatic heterocycles. The lowest BCUT2D eigenvalue weighted by molar-refractivity contribution is -0.139. The highest BCUT2D eigenvalue weighted by Gasteiger charge is 2.41. The molecule has 1 aliphatic carbocycles. The first-order valence-electron chi connectivity index (χ1n) is 10.4. The zero-order chi connectivity index (χ0) is 18.4. The van der Waals surface area contributed by atoms with E-state index in [0.29, 0.717) is 12.0 Å². The number of rotatable bonds is 7. The highest BCUT2D eigenvalue weighted by Crippen LogP contribution is 2.33. The van der Waals surface area contributed by atoms with Gasteiger partial charge in [0.1, 0.15) is 6.04 Å². The van der Waals surface area contributed by atoms with Crippen molar-refractivity contribution in [3.8, 4) is 0 Å². The number of hydrogen-bond acceptors (Lipinski definition) is 3. The lowest BCUT2D eigenvalue weighted by Gasteiger charge is -2.36. The Hall–Kier alpha value is -1.10. The van der Waals surface area contributed by atoms with Crippen LogP contribution in [0.2, 0.25) is 0 Å². The van der Waals surface area contributed by atoms with Crippen LogP contribution in [0, 0.1) is 11.8 Å². The van der Waals surface area contributed by atoms with Gasteiger partial charge in [-0.25, -0.2) is 0 Å². The van der Waals surface area contributed by atoms with Gasteiger partial charge in [-0.15, -0.1) is 0 Å². The molecular formula is C20H37N3O2. The van der Waals surface area contributed by atoms with Crippen molar-refractivity contribution in [1.82, 2.24) is 10.2 Å². The summed E-state index contributed by atoms with van der Waals surface area (Å²) >= 11 is 0. The quantitative estimate of drug-likeness (QED) is 0.740. The van der Waals surface area contributed by atoms with Crippen LogP contribution >= 0.6 is 0 Å². The zero-order valence-corrected chi connectivity index (χ0v) is 16.3. The molecule has 0 radical (unpaired) electrons. The lowest BCUT2D eigenvalue weighted by Crippen LogP contribution is -2.56. The molecule has 0 spiro atoms. The minimum Gasteiger partial charge on any atom is -0.343 e. The summed E-state index contributed by atoms with van der Waals surface area (Å²) in [6.07, 6.45) is 10.0. The second kappa shape index (κ2) is 9.56. The molecule has 2 amide bonds. The van der Waals surface area contributed by atoms with Gasteiger partial charge < -0.3 is 16.0 Å². The Bertz CT molecular complexity index is 446. The topological polar surface area (TPSA) is 75.4 Å². The lowest BCUT2D eigenvalue weighted by atomic mass is 9.83. The van der Waals surface area contributed by atoms with Crippen molar-refractivity contribution in [2.75, 3.05) is 6.54 Å². The van der Waals surface area contributed by atoms with Crippen LogP contribution in [0.1, 0.15) is 78.6 Å². The number of amides is 2. The molecule has 1 saturated carbocycles. The second-order valence-electron chi connectivity index (χ2n) is 8.02. The Morgan fingerprint density at radius 3 is 2.40 bits per heavy atom. The zero-order valence-electron chi connectivity index (χ0n) is 16.3. The standard InChI is InChI=1S/C20H37N3O2/c1-4-9-15-12-13-23(17(15)5-2)20(25)18(22-19(24)14(3)21)16-10-7-6-8-11-16/h14-18H,4-13,21H2,1-3H3,(H,22,24)/t14-,15?,17?,18?/m0/s1. The molecule has 4 atom stereocenters. The van der Waals surface area contributed by atoms with Crippen LogP contribution < -0.4 is 11.1 Å². The first kappa shape index (κ1) is 20.2. The summed E-state index contributed by atoms with van der Waals surface area (Å²) in [4.78, 5) is 27.7. The van der Waals surface area contributed by atoms with Gasteiger partial charge in [0.2, 0.25) is 11.8 Å². The van der Waals surface area contributed by atoms with E-state index in [0.717, 1.165) is 51.5 Å². The molecule has 0 aromatic heterocycles. The van der Waals surface area contributed by atoms with E-state index in [1.807, 2.05) is 0 Å². The maximum atomic E-state index is 13.4. The van der Waals surface area contributed by atoms with Crippen LogP contribution in [0.3, 0.4) is 0 Å². The Balaban J connectivity index is 2.14. The fraction of sp³-hybridized carbons (Fsp3) is 0.900. The van der Waals surface area contributed by atoms with Gasteiger partial charge >= 0.3 is 0 Å². The molecule has 2 aliphatic rings. The van der Waals surface area contributed by atoms with Gasteiger partial charge in [-0.2, -0.15) is 0 Å². The molecule has 0 aromatic carbocycles. The number of carbonyl (C=O) groups excluding carboxylic acids is 2. The average Bonchev–Trinajstić information content (AvgIpc) is 3.02. The highest BCUT2D eigenvalue weighted by atomic mass is 16.2. The Kier molecular flexibility index (Phi) is 7.73. The van der Waals surface area contributed by atoms with Crippen molar-refractivity contribution >= 4 is 11.8 Å². The molecule has 2 rings (SSSR count). The SMILES string of the molecule is CCCC1CCN(C(=O)C(NC(=O)[C@H](C)N)C2CCCCC2)C1CC. The van der Waals surface area contributed by atoms with Gasteiger partial charge in [-0.05, 0) is 50.9 Å². The smallest absolute Gasteiger partial charge is 0.245 e. The number of likely N-dealkylation sites (tertiary alicyclic amines) is 1. The normalized spacial score (nSPS) is 27.1. The summed E-state index contributed by atoms with van der Waals surface area (Å²) in [5.74, 6) is 0.786. The van der Waals surface area contributed by atoms with Crippen molar-refractivity contribution in [3.05, 3.63) is 0 Å². The molecule has 2 fully saturated rings. The summed E-state index contributed by atoms with van der Waals surface area (Å²) in [7, 11) is 0. The monoisotopic (exact) mass is 351 g/mol. The van der Waals surface area contributed by atoms with E-state index in [-0.39, 0.29) is 17.7 Å². The predicted octanol–water partition coefficient (Wildman–Crippen LogP) is 2.83. The summed E-state index contributed by atoms with van der Waals surface area (Å²) in [6, 6.07) is -0.647. The fourth-order valence-electron chi connectivity index (χ4n) is 4.76. The molecule has 5 heteroatoms. The van der Waals surface area contributed by atoms with E-state index < -0.39 is 12.1 Å². The fourth-order valence-corrected chi connectivity index (χ4v) is 4.76. The van der Waals surface area contributed by atoms with E-state index in [9.17, 15) is 9.59 Å². The van der Waals surface area contributed by atoms with E-state index in [1.165, 1.54) is 12.8 Å². The van der Waals surface area contributed by atoms with Crippen molar-refractivity contribution in [1.29, 1.82) is 0 Å². The van der Waals surface area contributed by atoms with Crippen molar-refractivity contribution in [2.45, 2.75) is 96.7 Å². The van der Waals surface area contributed by atoms with Crippen LogP contribution in [0.25, 0.3) is 0 Å². The number of nitrogens with two attached hydrogens (primary N) is 1. The maximum Gasteiger partial charge on any atom is 0.245 e. The summed E-state index contributed by atoms with van der Waals surface area (Å²) in [5, 5.41) is 3.00. The molecule has 144 valence electrons. The first-order chi connectivity index (χ1) is 12.0. The van der Waals surface area contributed by atoms with Gasteiger partial charge in [0.05, 0.1) is 6.04 Å². The molecule has 5 nitrogen and oxygen atoms in total. The molecular weight excluding hydrogens is 314 g/mol. The highest BCUT2D eigenvalue weighted by molar-refractivity contribution is 5.90. The molecule has 25 heavy (non-hydrogen) atoms. The van der Waals surface area contributed by atoms with Crippen LogP contribution in [-0.2, 0) is 9.59 Å². The molecule has 0 aromatic rings. The van der Waals surface area contributed by atoms with E-state index >= 15 is 0 Å². The van der Waals surface area contributed by atoms with Gasteiger partial charge in [0, 0.05) is 12.6 Å². The summed E-state index contributed by atoms with van der Waals surface area (Å²) < 4.78 is 0. The van der Waals surface area contributed by atoms with Crippen LogP contribution in [0.5, 0.6) is 0 Å². The van der Waals surface area contributed by atoms with Gasteiger partial charge in [0.15, 0.2) is 0 Å². The third kappa shape index (κ3) is 4.96. The number of nitrogens with one attached hydrogen (secondary N) is 1. The number of hydrogen-bond donors (Lipinski definition) is 2.